The van der Waals surface area contributed by atoms with Crippen molar-refractivity contribution in [2.75, 3.05) is 24.6 Å². The van der Waals surface area contributed by atoms with Crippen molar-refractivity contribution >= 4 is 40.4 Å². The summed E-state index contributed by atoms with van der Waals surface area (Å²) in [6, 6.07) is 6.42. The molecule has 0 saturated carbocycles. The minimum Gasteiger partial charge on any atom is -0.368 e. The topological polar surface area (TPSA) is 110 Å². The Morgan fingerprint density at radius 2 is 1.86 bits per heavy atom. The molecule has 2 aromatic rings. The molecule has 0 bridgehead atoms. The summed E-state index contributed by atoms with van der Waals surface area (Å²) in [5, 5.41) is 7.75. The summed E-state index contributed by atoms with van der Waals surface area (Å²) in [4.78, 5) is 39.3. The number of hydrogen-bond acceptors (Lipinski definition) is 5. The predicted octanol–water partition coefficient (Wildman–Crippen LogP) is 1.24. The van der Waals surface area contributed by atoms with Gasteiger partial charge in [-0.25, -0.2) is 0 Å². The summed E-state index contributed by atoms with van der Waals surface area (Å²) in [5.41, 5.74) is 5.82. The zero-order valence-corrected chi connectivity index (χ0v) is 17.8. The third-order valence-corrected chi connectivity index (χ3v) is 5.89. The van der Waals surface area contributed by atoms with Gasteiger partial charge in [-0.2, -0.15) is 16.9 Å². The maximum atomic E-state index is 12.9. The van der Waals surface area contributed by atoms with E-state index in [0.29, 0.717) is 10.9 Å². The molecule has 2 heterocycles. The van der Waals surface area contributed by atoms with Crippen LogP contribution in [0.5, 0.6) is 0 Å². The van der Waals surface area contributed by atoms with Crippen LogP contribution in [0.25, 0.3) is 10.9 Å². The lowest BCUT2D eigenvalue weighted by atomic mass is 9.86. The minimum absolute atomic E-state index is 0.0183. The molecule has 9 heteroatoms. The van der Waals surface area contributed by atoms with Gasteiger partial charge in [0.25, 0.3) is 5.91 Å². The predicted molar refractivity (Wildman–Crippen MR) is 114 cm³/mol. The number of aromatic nitrogens is 2. The number of para-hydroxylation sites is 1. The van der Waals surface area contributed by atoms with E-state index in [1.165, 1.54) is 0 Å². The Hall–Kier alpha value is -2.55. The third-order valence-electron chi connectivity index (χ3n) is 4.95. The molecule has 1 fully saturated rings. The number of thioether (sulfide) groups is 1. The Morgan fingerprint density at radius 3 is 2.48 bits per heavy atom. The number of hydrogen-bond donors (Lipinski definition) is 2. The van der Waals surface area contributed by atoms with Gasteiger partial charge in [-0.3, -0.25) is 19.1 Å². The Kier molecular flexibility index (Phi) is 6.16. The van der Waals surface area contributed by atoms with Crippen LogP contribution >= 0.6 is 11.8 Å². The van der Waals surface area contributed by atoms with E-state index in [1.807, 2.05) is 55.6 Å². The molecule has 3 rings (SSSR count). The molecule has 0 spiro atoms. The third kappa shape index (κ3) is 4.72. The monoisotopic (exact) mass is 417 g/mol. The van der Waals surface area contributed by atoms with Gasteiger partial charge in [-0.1, -0.05) is 39.0 Å². The average Bonchev–Trinajstić information content (AvgIpc) is 3.04. The van der Waals surface area contributed by atoms with Crippen LogP contribution in [0.4, 0.5) is 0 Å². The minimum atomic E-state index is -0.841. The lowest BCUT2D eigenvalue weighted by molar-refractivity contribution is -0.131. The second kappa shape index (κ2) is 8.44. The standard InChI is InChI=1S/C20H27N5O3S/c1-20(2,3)17(18(21)27)22-19(28)16-13-6-4-5-7-14(13)25(23-16)12-15(26)24-8-10-29-11-9-24/h4-7,17H,8-12H2,1-3H3,(H2,21,27)(H,22,28). The Morgan fingerprint density at radius 1 is 1.21 bits per heavy atom. The fourth-order valence-corrected chi connectivity index (χ4v) is 4.27. The molecule has 0 radical (unpaired) electrons. The zero-order chi connectivity index (χ0) is 21.2. The number of nitrogens with one attached hydrogen (secondary N) is 1. The number of fused-ring (bicyclic) bond motifs is 1. The van der Waals surface area contributed by atoms with E-state index < -0.39 is 23.3 Å². The highest BCUT2D eigenvalue weighted by Gasteiger charge is 2.32. The van der Waals surface area contributed by atoms with Gasteiger partial charge in [-0.15, -0.1) is 0 Å². The van der Waals surface area contributed by atoms with Crippen LogP contribution < -0.4 is 11.1 Å². The van der Waals surface area contributed by atoms with Crippen LogP contribution in [0.3, 0.4) is 0 Å². The van der Waals surface area contributed by atoms with Gasteiger partial charge in [0.15, 0.2) is 5.69 Å². The first-order valence-electron chi connectivity index (χ1n) is 9.59. The highest BCUT2D eigenvalue weighted by molar-refractivity contribution is 7.99. The molecule has 29 heavy (non-hydrogen) atoms. The van der Waals surface area contributed by atoms with E-state index in [4.69, 9.17) is 5.73 Å². The van der Waals surface area contributed by atoms with Gasteiger partial charge < -0.3 is 16.0 Å². The van der Waals surface area contributed by atoms with E-state index in [2.05, 4.69) is 10.4 Å². The molecule has 1 saturated heterocycles. The van der Waals surface area contributed by atoms with E-state index in [9.17, 15) is 14.4 Å². The van der Waals surface area contributed by atoms with Crippen LogP contribution in [0.15, 0.2) is 24.3 Å². The highest BCUT2D eigenvalue weighted by atomic mass is 32.2. The first-order chi connectivity index (χ1) is 13.7. The molecule has 0 aliphatic carbocycles. The molecular weight excluding hydrogens is 390 g/mol. The van der Waals surface area contributed by atoms with Crippen LogP contribution in [0, 0.1) is 5.41 Å². The molecular formula is C20H27N5O3S. The normalized spacial score (nSPS) is 15.9. The Balaban J connectivity index is 1.88. The number of benzene rings is 1. The molecule has 3 amide bonds. The molecule has 1 aliphatic heterocycles. The maximum absolute atomic E-state index is 12.9. The quantitative estimate of drug-likeness (QED) is 0.761. The number of nitrogens with zero attached hydrogens (tertiary/aromatic N) is 3. The fourth-order valence-electron chi connectivity index (χ4n) is 3.37. The van der Waals surface area contributed by atoms with Gasteiger partial charge in [0.05, 0.1) is 5.52 Å². The average molecular weight is 418 g/mol. The maximum Gasteiger partial charge on any atom is 0.273 e. The van der Waals surface area contributed by atoms with Crippen LogP contribution in [-0.4, -0.2) is 63.0 Å². The fraction of sp³-hybridized carbons (Fsp3) is 0.500. The van der Waals surface area contributed by atoms with Crippen molar-refractivity contribution in [1.82, 2.24) is 20.0 Å². The highest BCUT2D eigenvalue weighted by Crippen LogP contribution is 2.22. The molecule has 156 valence electrons. The lowest BCUT2D eigenvalue weighted by Crippen LogP contribution is -2.52. The van der Waals surface area contributed by atoms with Crippen LogP contribution in [0.1, 0.15) is 31.3 Å². The van der Waals surface area contributed by atoms with Crippen LogP contribution in [-0.2, 0) is 16.1 Å². The van der Waals surface area contributed by atoms with Crippen LogP contribution in [0.2, 0.25) is 0 Å². The molecule has 1 aromatic heterocycles. The Labute approximate surface area is 174 Å². The number of nitrogens with two attached hydrogens (primary N) is 1. The van der Waals surface area contributed by atoms with Crippen molar-refractivity contribution < 1.29 is 14.4 Å². The molecule has 1 unspecified atom stereocenters. The zero-order valence-electron chi connectivity index (χ0n) is 17.0. The summed E-state index contributed by atoms with van der Waals surface area (Å²) >= 11 is 1.84. The van der Waals surface area contributed by atoms with E-state index in [0.717, 1.165) is 24.6 Å². The number of carbonyl (C=O) groups excluding carboxylic acids is 3. The summed E-state index contributed by atoms with van der Waals surface area (Å²) in [6.07, 6.45) is 0. The number of primary amides is 1. The van der Waals surface area contributed by atoms with Crippen molar-refractivity contribution in [2.45, 2.75) is 33.4 Å². The van der Waals surface area contributed by atoms with Crippen molar-refractivity contribution in [3.63, 3.8) is 0 Å². The summed E-state index contributed by atoms with van der Waals surface area (Å²) in [6.45, 7) is 7.00. The lowest BCUT2D eigenvalue weighted by Gasteiger charge is -2.28. The van der Waals surface area contributed by atoms with Crippen molar-refractivity contribution in [3.8, 4) is 0 Å². The second-order valence-corrected chi connectivity index (χ2v) is 9.42. The summed E-state index contributed by atoms with van der Waals surface area (Å²) in [7, 11) is 0. The summed E-state index contributed by atoms with van der Waals surface area (Å²) in [5.74, 6) is 0.754. The van der Waals surface area contributed by atoms with Gasteiger partial charge >= 0.3 is 0 Å². The first kappa shape index (κ1) is 21.2. The first-order valence-corrected chi connectivity index (χ1v) is 10.7. The van der Waals surface area contributed by atoms with Crippen molar-refractivity contribution in [3.05, 3.63) is 30.0 Å². The molecule has 8 nitrogen and oxygen atoms in total. The molecule has 1 aliphatic rings. The number of amides is 3. The van der Waals surface area contributed by atoms with Gasteiger partial charge in [0.2, 0.25) is 11.8 Å². The van der Waals surface area contributed by atoms with E-state index >= 15 is 0 Å². The van der Waals surface area contributed by atoms with Gasteiger partial charge in [-0.05, 0) is 11.5 Å². The molecule has 3 N–H and O–H groups in total. The number of rotatable bonds is 5. The van der Waals surface area contributed by atoms with Crippen molar-refractivity contribution in [2.24, 2.45) is 11.1 Å². The largest absolute Gasteiger partial charge is 0.368 e. The Bertz CT molecular complexity index is 928. The summed E-state index contributed by atoms with van der Waals surface area (Å²) < 4.78 is 1.56. The molecule has 1 aromatic carbocycles. The smallest absolute Gasteiger partial charge is 0.273 e. The molecule has 1 atom stereocenters. The second-order valence-electron chi connectivity index (χ2n) is 8.19. The van der Waals surface area contributed by atoms with Gasteiger partial charge in [0, 0.05) is 30.0 Å². The number of carbonyl (C=O) groups is 3. The van der Waals surface area contributed by atoms with Gasteiger partial charge in [0.1, 0.15) is 12.6 Å². The van der Waals surface area contributed by atoms with Crippen molar-refractivity contribution in [1.29, 1.82) is 0 Å². The van der Waals surface area contributed by atoms with E-state index in [-0.39, 0.29) is 18.1 Å². The SMILES string of the molecule is CC(C)(C)C(NC(=O)c1nn(CC(=O)N2CCSCC2)c2ccccc12)C(N)=O. The van der Waals surface area contributed by atoms with E-state index in [1.54, 1.807) is 10.7 Å².